The van der Waals surface area contributed by atoms with E-state index in [0.29, 0.717) is 11.3 Å². The molecule has 0 radical (unpaired) electrons. The van der Waals surface area contributed by atoms with Crippen molar-refractivity contribution in [1.29, 1.82) is 0 Å². The number of nitrogens with zero attached hydrogens (tertiary/aromatic N) is 2. The minimum absolute atomic E-state index is 0.184. The van der Waals surface area contributed by atoms with Gasteiger partial charge in [0.2, 0.25) is 5.91 Å². The number of rotatable bonds is 1. The summed E-state index contributed by atoms with van der Waals surface area (Å²) in [5.74, 6) is 0.351. The molecule has 0 aromatic rings. The van der Waals surface area contributed by atoms with Crippen LogP contribution in [0.1, 0.15) is 26.7 Å². The van der Waals surface area contributed by atoms with Crippen molar-refractivity contribution >= 4 is 5.91 Å². The van der Waals surface area contributed by atoms with E-state index in [1.807, 2.05) is 11.9 Å². The maximum Gasteiger partial charge on any atom is 0.239 e. The van der Waals surface area contributed by atoms with Crippen molar-refractivity contribution in [2.24, 2.45) is 5.41 Å². The van der Waals surface area contributed by atoms with Gasteiger partial charge in [-0.1, -0.05) is 13.8 Å². The number of amides is 1. The van der Waals surface area contributed by atoms with Gasteiger partial charge in [0, 0.05) is 19.6 Å². The van der Waals surface area contributed by atoms with Crippen LogP contribution in [-0.2, 0) is 4.79 Å². The summed E-state index contributed by atoms with van der Waals surface area (Å²) < 4.78 is 0. The summed E-state index contributed by atoms with van der Waals surface area (Å²) in [6.45, 7) is 7.45. The Hall–Kier alpha value is -0.570. The lowest BCUT2D eigenvalue weighted by Gasteiger charge is -2.38. The highest BCUT2D eigenvalue weighted by Gasteiger charge is 2.39. The second-order valence-electron chi connectivity index (χ2n) is 5.46. The summed E-state index contributed by atoms with van der Waals surface area (Å²) in [4.78, 5) is 16.2. The first-order valence-corrected chi connectivity index (χ1v) is 5.49. The van der Waals surface area contributed by atoms with Gasteiger partial charge in [0.25, 0.3) is 0 Å². The van der Waals surface area contributed by atoms with E-state index in [1.165, 1.54) is 0 Å². The number of likely N-dealkylation sites (tertiary alicyclic amines) is 2. The Kier molecular flexibility index (Phi) is 2.30. The fourth-order valence-electron chi connectivity index (χ4n) is 2.34. The number of likely N-dealkylation sites (N-methyl/N-ethyl adjacent to an activating group) is 1. The van der Waals surface area contributed by atoms with Crippen molar-refractivity contribution < 1.29 is 4.79 Å². The van der Waals surface area contributed by atoms with Gasteiger partial charge in [-0.3, -0.25) is 9.69 Å². The largest absolute Gasteiger partial charge is 0.341 e. The molecule has 0 aromatic carbocycles. The van der Waals surface area contributed by atoms with Crippen LogP contribution in [0.3, 0.4) is 0 Å². The van der Waals surface area contributed by atoms with Gasteiger partial charge in [-0.2, -0.15) is 0 Å². The Morgan fingerprint density at radius 2 is 2.07 bits per heavy atom. The van der Waals surface area contributed by atoms with Crippen LogP contribution in [0.2, 0.25) is 0 Å². The van der Waals surface area contributed by atoms with Crippen molar-refractivity contribution in [1.82, 2.24) is 9.80 Å². The first-order chi connectivity index (χ1) is 6.49. The molecule has 0 aromatic heterocycles. The fraction of sp³-hybridized carbons (Fsp3) is 0.909. The molecule has 2 aliphatic rings. The fourth-order valence-corrected chi connectivity index (χ4v) is 2.34. The maximum atomic E-state index is 12.0. The smallest absolute Gasteiger partial charge is 0.239 e. The predicted octanol–water partition coefficient (Wildman–Crippen LogP) is 0.949. The van der Waals surface area contributed by atoms with E-state index in [0.717, 1.165) is 32.5 Å². The number of carbonyl (C=O) groups is 1. The zero-order valence-corrected chi connectivity index (χ0v) is 9.42. The van der Waals surface area contributed by atoms with E-state index in [-0.39, 0.29) is 6.04 Å². The predicted molar refractivity (Wildman–Crippen MR) is 56.0 cm³/mol. The van der Waals surface area contributed by atoms with Crippen LogP contribution >= 0.6 is 0 Å². The van der Waals surface area contributed by atoms with Gasteiger partial charge < -0.3 is 4.90 Å². The monoisotopic (exact) mass is 196 g/mol. The molecule has 2 saturated heterocycles. The lowest BCUT2D eigenvalue weighted by molar-refractivity contribution is -0.139. The molecule has 14 heavy (non-hydrogen) atoms. The molecule has 2 aliphatic heterocycles. The van der Waals surface area contributed by atoms with Crippen LogP contribution in [0.15, 0.2) is 0 Å². The minimum Gasteiger partial charge on any atom is -0.341 e. The van der Waals surface area contributed by atoms with Crippen LogP contribution in [0.25, 0.3) is 0 Å². The third-order valence-electron chi connectivity index (χ3n) is 3.56. The molecule has 2 rings (SSSR count). The Bertz CT molecular complexity index is 250. The highest BCUT2D eigenvalue weighted by molar-refractivity contribution is 5.83. The third kappa shape index (κ3) is 1.65. The SMILES string of the molecule is CN1CC[C@@H]1C(=O)N1CCC(C)(C)C1. The molecule has 3 heteroatoms. The average molecular weight is 196 g/mol. The lowest BCUT2D eigenvalue weighted by Crippen LogP contribution is -2.54. The molecule has 1 atom stereocenters. The summed E-state index contributed by atoms with van der Waals surface area (Å²) in [5.41, 5.74) is 0.331. The Balaban J connectivity index is 1.93. The van der Waals surface area contributed by atoms with E-state index in [4.69, 9.17) is 0 Å². The summed E-state index contributed by atoms with van der Waals surface area (Å²) >= 11 is 0. The summed E-state index contributed by atoms with van der Waals surface area (Å²) in [5, 5.41) is 0. The molecule has 1 amide bonds. The van der Waals surface area contributed by atoms with Gasteiger partial charge in [0.05, 0.1) is 6.04 Å². The Morgan fingerprint density at radius 3 is 2.43 bits per heavy atom. The van der Waals surface area contributed by atoms with E-state index >= 15 is 0 Å². The second-order valence-corrected chi connectivity index (χ2v) is 5.46. The molecule has 2 fully saturated rings. The van der Waals surface area contributed by atoms with Crippen molar-refractivity contribution in [2.45, 2.75) is 32.7 Å². The van der Waals surface area contributed by atoms with E-state index in [1.54, 1.807) is 0 Å². The van der Waals surface area contributed by atoms with Gasteiger partial charge in [-0.15, -0.1) is 0 Å². The molecule has 0 aliphatic carbocycles. The van der Waals surface area contributed by atoms with E-state index in [2.05, 4.69) is 18.7 Å². The van der Waals surface area contributed by atoms with Crippen molar-refractivity contribution in [3.05, 3.63) is 0 Å². The summed E-state index contributed by atoms with van der Waals surface area (Å²) in [6.07, 6.45) is 2.20. The summed E-state index contributed by atoms with van der Waals surface area (Å²) in [6, 6.07) is 0.184. The summed E-state index contributed by atoms with van der Waals surface area (Å²) in [7, 11) is 2.04. The van der Waals surface area contributed by atoms with Crippen LogP contribution in [0, 0.1) is 5.41 Å². The second kappa shape index (κ2) is 3.23. The maximum absolute atomic E-state index is 12.0. The highest BCUT2D eigenvalue weighted by Crippen LogP contribution is 2.30. The quantitative estimate of drug-likeness (QED) is 0.623. The van der Waals surface area contributed by atoms with E-state index < -0.39 is 0 Å². The molecule has 80 valence electrons. The molecular weight excluding hydrogens is 176 g/mol. The molecule has 2 heterocycles. The Morgan fingerprint density at radius 1 is 1.36 bits per heavy atom. The first kappa shape index (κ1) is 9.97. The average Bonchev–Trinajstić information content (AvgIpc) is 2.43. The Labute approximate surface area is 86.1 Å². The van der Waals surface area contributed by atoms with Crippen LogP contribution < -0.4 is 0 Å². The van der Waals surface area contributed by atoms with Gasteiger partial charge in [0.1, 0.15) is 0 Å². The third-order valence-corrected chi connectivity index (χ3v) is 3.56. The molecule has 0 bridgehead atoms. The molecule has 0 saturated carbocycles. The molecule has 3 nitrogen and oxygen atoms in total. The number of carbonyl (C=O) groups excluding carboxylic acids is 1. The van der Waals surface area contributed by atoms with E-state index in [9.17, 15) is 4.79 Å². The highest BCUT2D eigenvalue weighted by atomic mass is 16.2. The zero-order chi connectivity index (χ0) is 10.3. The minimum atomic E-state index is 0.184. The lowest BCUT2D eigenvalue weighted by atomic mass is 9.93. The molecule has 0 unspecified atom stereocenters. The van der Waals surface area contributed by atoms with Gasteiger partial charge in [0.15, 0.2) is 0 Å². The van der Waals surface area contributed by atoms with Crippen LogP contribution in [-0.4, -0.2) is 48.4 Å². The van der Waals surface area contributed by atoms with Crippen LogP contribution in [0.4, 0.5) is 0 Å². The molecule has 0 N–H and O–H groups in total. The van der Waals surface area contributed by atoms with Crippen molar-refractivity contribution in [2.75, 3.05) is 26.7 Å². The van der Waals surface area contributed by atoms with Crippen molar-refractivity contribution in [3.8, 4) is 0 Å². The van der Waals surface area contributed by atoms with Crippen molar-refractivity contribution in [3.63, 3.8) is 0 Å². The van der Waals surface area contributed by atoms with Gasteiger partial charge in [-0.25, -0.2) is 0 Å². The normalized spacial score (nSPS) is 31.6. The first-order valence-electron chi connectivity index (χ1n) is 5.49. The standard InChI is InChI=1S/C11H20N2O/c1-11(2)5-7-13(8-11)10(14)9-4-6-12(9)3/h9H,4-8H2,1-3H3/t9-/m1/s1. The van der Waals surface area contributed by atoms with Crippen LogP contribution in [0.5, 0.6) is 0 Å². The number of hydrogen-bond acceptors (Lipinski definition) is 2. The molecular formula is C11H20N2O. The van der Waals surface area contributed by atoms with Gasteiger partial charge >= 0.3 is 0 Å². The molecule has 0 spiro atoms. The topological polar surface area (TPSA) is 23.6 Å². The number of hydrogen-bond donors (Lipinski definition) is 0. The zero-order valence-electron chi connectivity index (χ0n) is 9.42. The van der Waals surface area contributed by atoms with Gasteiger partial charge in [-0.05, 0) is 25.3 Å².